The van der Waals surface area contributed by atoms with Gasteiger partial charge in [0, 0.05) is 25.2 Å². The van der Waals surface area contributed by atoms with Crippen molar-refractivity contribution in [2.75, 3.05) is 18.4 Å². The monoisotopic (exact) mass is 330 g/mol. The Morgan fingerprint density at radius 1 is 1.33 bits per heavy atom. The minimum absolute atomic E-state index is 0.000473. The molecule has 2 aliphatic rings. The van der Waals surface area contributed by atoms with Gasteiger partial charge in [0.1, 0.15) is 12.0 Å². The maximum atomic E-state index is 10.7. The lowest BCUT2D eigenvalue weighted by Gasteiger charge is -2.16. The molecule has 0 spiro atoms. The van der Waals surface area contributed by atoms with Gasteiger partial charge in [-0.15, -0.1) is 5.10 Å². The van der Waals surface area contributed by atoms with Gasteiger partial charge < -0.3 is 5.32 Å². The van der Waals surface area contributed by atoms with E-state index in [1.807, 2.05) is 4.68 Å². The Morgan fingerprint density at radius 2 is 2.21 bits per heavy atom. The number of nitrogens with zero attached hydrogens (tertiary/aromatic N) is 7. The van der Waals surface area contributed by atoms with Crippen LogP contribution >= 0.6 is 0 Å². The van der Waals surface area contributed by atoms with Gasteiger partial charge in [0.2, 0.25) is 0 Å². The van der Waals surface area contributed by atoms with Crippen molar-refractivity contribution >= 4 is 11.5 Å². The highest BCUT2D eigenvalue weighted by Gasteiger charge is 2.30. The highest BCUT2D eigenvalue weighted by atomic mass is 16.6. The van der Waals surface area contributed by atoms with Crippen molar-refractivity contribution in [1.29, 1.82) is 0 Å². The van der Waals surface area contributed by atoms with Crippen molar-refractivity contribution in [3.05, 3.63) is 34.3 Å². The van der Waals surface area contributed by atoms with E-state index in [1.54, 1.807) is 6.07 Å². The zero-order chi connectivity index (χ0) is 16.5. The Kier molecular flexibility index (Phi) is 3.81. The van der Waals surface area contributed by atoms with Gasteiger partial charge in [-0.1, -0.05) is 0 Å². The second-order valence-corrected chi connectivity index (χ2v) is 6.29. The number of nitrogens with one attached hydrogen (secondary N) is 1. The number of rotatable bonds is 6. The maximum absolute atomic E-state index is 10.7. The first-order valence-electron chi connectivity index (χ1n) is 8.05. The molecule has 0 bridgehead atoms. The predicted molar refractivity (Wildman–Crippen MR) is 84.3 cm³/mol. The smallest absolute Gasteiger partial charge is 0.287 e. The van der Waals surface area contributed by atoms with Crippen LogP contribution in [0.2, 0.25) is 0 Å². The Hall–Kier alpha value is -2.62. The molecule has 2 aromatic heterocycles. The van der Waals surface area contributed by atoms with Crippen LogP contribution < -0.4 is 5.32 Å². The van der Waals surface area contributed by atoms with Crippen molar-refractivity contribution in [3.8, 4) is 0 Å². The summed E-state index contributed by atoms with van der Waals surface area (Å²) in [5, 5.41) is 26.0. The Morgan fingerprint density at radius 3 is 2.92 bits per heavy atom. The minimum atomic E-state index is -0.446. The van der Waals surface area contributed by atoms with Gasteiger partial charge in [0.05, 0.1) is 17.5 Å². The van der Waals surface area contributed by atoms with Crippen LogP contribution in [-0.4, -0.2) is 54.1 Å². The van der Waals surface area contributed by atoms with E-state index in [0.717, 1.165) is 44.7 Å². The minimum Gasteiger partial charge on any atom is -0.366 e. The standard InChI is InChI=1S/C14H18N8O2/c23-22(24)12-3-4-13(15-7-12)16-10-5-6-20(8-10)9-14-17-18-19-21(14)11-1-2-11/h3-4,7,10-11H,1-2,5-6,8-9H2,(H,15,16)/t10-/m0/s1. The summed E-state index contributed by atoms with van der Waals surface area (Å²) >= 11 is 0. The van der Waals surface area contributed by atoms with Crippen molar-refractivity contribution in [2.24, 2.45) is 0 Å². The molecular weight excluding hydrogens is 312 g/mol. The average molecular weight is 330 g/mol. The first-order valence-corrected chi connectivity index (χ1v) is 8.05. The molecule has 1 aliphatic heterocycles. The van der Waals surface area contributed by atoms with E-state index in [2.05, 4.69) is 30.7 Å². The largest absolute Gasteiger partial charge is 0.366 e. The molecule has 0 aromatic carbocycles. The Bertz CT molecular complexity index is 727. The van der Waals surface area contributed by atoms with Crippen LogP contribution in [0.3, 0.4) is 0 Å². The molecule has 24 heavy (non-hydrogen) atoms. The van der Waals surface area contributed by atoms with E-state index in [1.165, 1.54) is 12.3 Å². The fourth-order valence-corrected chi connectivity index (χ4v) is 3.00. The summed E-state index contributed by atoms with van der Waals surface area (Å²) in [5.74, 6) is 1.59. The van der Waals surface area contributed by atoms with Crippen LogP contribution in [0.5, 0.6) is 0 Å². The highest BCUT2D eigenvalue weighted by Crippen LogP contribution is 2.34. The van der Waals surface area contributed by atoms with Crippen molar-refractivity contribution < 1.29 is 4.92 Å². The molecule has 3 heterocycles. The Labute approximate surface area is 138 Å². The normalized spacial score (nSPS) is 21.1. The number of nitro groups is 1. The van der Waals surface area contributed by atoms with Crippen LogP contribution in [-0.2, 0) is 6.54 Å². The van der Waals surface area contributed by atoms with Gasteiger partial charge in [-0.3, -0.25) is 15.0 Å². The zero-order valence-corrected chi connectivity index (χ0v) is 13.1. The summed E-state index contributed by atoms with van der Waals surface area (Å²) in [7, 11) is 0. The van der Waals surface area contributed by atoms with E-state index < -0.39 is 4.92 Å². The first-order chi connectivity index (χ1) is 11.7. The fourth-order valence-electron chi connectivity index (χ4n) is 3.00. The molecule has 4 rings (SSSR count). The van der Waals surface area contributed by atoms with E-state index in [4.69, 9.17) is 0 Å². The summed E-state index contributed by atoms with van der Waals surface area (Å²) in [6, 6.07) is 3.86. The molecule has 1 aliphatic carbocycles. The summed E-state index contributed by atoms with van der Waals surface area (Å²) in [4.78, 5) is 16.6. The van der Waals surface area contributed by atoms with Crippen LogP contribution in [0, 0.1) is 10.1 Å². The number of aromatic nitrogens is 5. The topological polar surface area (TPSA) is 115 Å². The third-order valence-electron chi connectivity index (χ3n) is 4.40. The number of pyridine rings is 1. The molecule has 0 amide bonds. The quantitative estimate of drug-likeness (QED) is 0.616. The molecule has 2 aromatic rings. The molecule has 1 saturated carbocycles. The number of anilines is 1. The summed E-state index contributed by atoms with van der Waals surface area (Å²) in [6.45, 7) is 2.58. The summed E-state index contributed by atoms with van der Waals surface area (Å²) in [5.41, 5.74) is 0.000473. The highest BCUT2D eigenvalue weighted by molar-refractivity contribution is 5.41. The molecule has 0 unspecified atom stereocenters. The van der Waals surface area contributed by atoms with E-state index >= 15 is 0 Å². The third kappa shape index (κ3) is 3.18. The average Bonchev–Trinajstić information content (AvgIpc) is 3.16. The maximum Gasteiger partial charge on any atom is 0.287 e. The number of hydrogen-bond acceptors (Lipinski definition) is 8. The molecule has 126 valence electrons. The molecule has 1 atom stereocenters. The zero-order valence-electron chi connectivity index (χ0n) is 13.1. The van der Waals surface area contributed by atoms with E-state index in [0.29, 0.717) is 11.9 Å². The van der Waals surface area contributed by atoms with E-state index in [-0.39, 0.29) is 11.7 Å². The molecule has 10 nitrogen and oxygen atoms in total. The van der Waals surface area contributed by atoms with E-state index in [9.17, 15) is 10.1 Å². The molecule has 1 N–H and O–H groups in total. The number of tetrazole rings is 1. The summed E-state index contributed by atoms with van der Waals surface area (Å²) < 4.78 is 1.94. The van der Waals surface area contributed by atoms with Gasteiger partial charge in [-0.25, -0.2) is 9.67 Å². The third-order valence-corrected chi connectivity index (χ3v) is 4.40. The van der Waals surface area contributed by atoms with Crippen molar-refractivity contribution in [2.45, 2.75) is 37.9 Å². The molecule has 1 saturated heterocycles. The van der Waals surface area contributed by atoms with Crippen LogP contribution in [0.1, 0.15) is 31.1 Å². The van der Waals surface area contributed by atoms with Gasteiger partial charge in [-0.2, -0.15) is 0 Å². The second kappa shape index (κ2) is 6.11. The lowest BCUT2D eigenvalue weighted by molar-refractivity contribution is -0.385. The van der Waals surface area contributed by atoms with Crippen LogP contribution in [0.15, 0.2) is 18.3 Å². The predicted octanol–water partition coefficient (Wildman–Crippen LogP) is 0.998. The number of hydrogen-bond donors (Lipinski definition) is 1. The van der Waals surface area contributed by atoms with Crippen molar-refractivity contribution in [3.63, 3.8) is 0 Å². The second-order valence-electron chi connectivity index (χ2n) is 6.29. The molecule has 0 radical (unpaired) electrons. The SMILES string of the molecule is O=[N+]([O-])c1ccc(N[C@H]2CCN(Cc3nnnn3C3CC3)C2)nc1. The number of likely N-dealkylation sites (tertiary alicyclic amines) is 1. The first kappa shape index (κ1) is 14.9. The molecular formula is C14H18N8O2. The van der Waals surface area contributed by atoms with Gasteiger partial charge in [0.15, 0.2) is 5.82 Å². The van der Waals surface area contributed by atoms with Gasteiger partial charge >= 0.3 is 0 Å². The lowest BCUT2D eigenvalue weighted by Crippen LogP contribution is -2.27. The summed E-state index contributed by atoms with van der Waals surface area (Å²) in [6.07, 6.45) is 4.59. The van der Waals surface area contributed by atoms with Crippen LogP contribution in [0.25, 0.3) is 0 Å². The lowest BCUT2D eigenvalue weighted by atomic mass is 10.2. The fraction of sp³-hybridized carbons (Fsp3) is 0.571. The molecule has 2 fully saturated rings. The Balaban J connectivity index is 1.33. The van der Waals surface area contributed by atoms with Gasteiger partial charge in [-0.05, 0) is 35.8 Å². The van der Waals surface area contributed by atoms with Crippen LogP contribution in [0.4, 0.5) is 11.5 Å². The van der Waals surface area contributed by atoms with Crippen molar-refractivity contribution in [1.82, 2.24) is 30.1 Å². The molecule has 10 heteroatoms. The van der Waals surface area contributed by atoms with Gasteiger partial charge in [0.25, 0.3) is 5.69 Å².